The average Bonchev–Trinajstić information content (AvgIpc) is 3.33. The molecule has 0 unspecified atom stereocenters. The van der Waals surface area contributed by atoms with Crippen molar-refractivity contribution in [3.8, 4) is 5.75 Å². The molecule has 1 saturated carbocycles. The highest BCUT2D eigenvalue weighted by atomic mass is 19.1. The van der Waals surface area contributed by atoms with Crippen LogP contribution in [0.1, 0.15) is 58.7 Å². The molecular formula is C19H21FN2O2. The van der Waals surface area contributed by atoms with Crippen LogP contribution in [0.3, 0.4) is 0 Å². The topological polar surface area (TPSA) is 43.3 Å². The number of nitrogens with one attached hydrogen (secondary N) is 1. The largest absolute Gasteiger partial charge is 0.493 e. The highest BCUT2D eigenvalue weighted by molar-refractivity contribution is 5.96. The van der Waals surface area contributed by atoms with Gasteiger partial charge in [-0.3, -0.25) is 4.79 Å². The zero-order valence-electron chi connectivity index (χ0n) is 13.9. The van der Waals surface area contributed by atoms with Gasteiger partial charge in [0.15, 0.2) is 0 Å². The van der Waals surface area contributed by atoms with Crippen LogP contribution in [-0.4, -0.2) is 17.1 Å². The number of hydrogen-bond donors (Lipinski definition) is 1. The highest BCUT2D eigenvalue weighted by Crippen LogP contribution is 2.38. The molecule has 1 aromatic carbocycles. The summed E-state index contributed by atoms with van der Waals surface area (Å²) >= 11 is 0. The number of halogens is 1. The summed E-state index contributed by atoms with van der Waals surface area (Å²) in [6.07, 6.45) is 3.01. The van der Waals surface area contributed by atoms with Crippen LogP contribution >= 0.6 is 0 Å². The van der Waals surface area contributed by atoms with Gasteiger partial charge in [0.25, 0.3) is 5.91 Å². The molecular weight excluding hydrogens is 307 g/mol. The summed E-state index contributed by atoms with van der Waals surface area (Å²) in [5.41, 5.74) is 3.56. The quantitative estimate of drug-likeness (QED) is 0.930. The van der Waals surface area contributed by atoms with E-state index in [1.807, 2.05) is 19.9 Å². The average molecular weight is 328 g/mol. The Labute approximate surface area is 140 Å². The number of amides is 1. The van der Waals surface area contributed by atoms with Gasteiger partial charge in [0.05, 0.1) is 18.2 Å². The molecule has 24 heavy (non-hydrogen) atoms. The molecule has 2 aromatic rings. The van der Waals surface area contributed by atoms with Crippen molar-refractivity contribution in [2.75, 3.05) is 6.61 Å². The summed E-state index contributed by atoms with van der Waals surface area (Å²) < 4.78 is 21.4. The minimum Gasteiger partial charge on any atom is -0.493 e. The molecule has 0 bridgehead atoms. The van der Waals surface area contributed by atoms with Gasteiger partial charge in [-0.15, -0.1) is 0 Å². The Kier molecular flexibility index (Phi) is 3.59. The number of ether oxygens (including phenoxy) is 1. The standard InChI is InChI=1S/C19H21FN2O2/c1-11-9-15(12(2)22(11)14-4-5-14)19(23)21-17-7-8-24-18-6-3-13(20)10-16(17)18/h3,6,9-10,14,17H,4-5,7-8H2,1-2H3,(H,21,23)/t17-/m1/s1. The van der Waals surface area contributed by atoms with Crippen LogP contribution in [0.15, 0.2) is 24.3 Å². The van der Waals surface area contributed by atoms with E-state index < -0.39 is 0 Å². The number of fused-ring (bicyclic) bond motifs is 1. The van der Waals surface area contributed by atoms with E-state index in [0.29, 0.717) is 35.9 Å². The van der Waals surface area contributed by atoms with Crippen molar-refractivity contribution in [1.82, 2.24) is 9.88 Å². The van der Waals surface area contributed by atoms with Gasteiger partial charge >= 0.3 is 0 Å². The van der Waals surface area contributed by atoms with Crippen molar-refractivity contribution in [1.29, 1.82) is 0 Å². The predicted octanol–water partition coefficient (Wildman–Crippen LogP) is 3.83. The summed E-state index contributed by atoms with van der Waals surface area (Å²) in [6, 6.07) is 6.74. The second kappa shape index (κ2) is 5.65. The number of aryl methyl sites for hydroxylation is 1. The number of hydrogen-bond acceptors (Lipinski definition) is 2. The predicted molar refractivity (Wildman–Crippen MR) is 88.9 cm³/mol. The van der Waals surface area contributed by atoms with Gasteiger partial charge in [-0.2, -0.15) is 0 Å². The molecule has 2 heterocycles. The van der Waals surface area contributed by atoms with Crippen LogP contribution in [0.2, 0.25) is 0 Å². The number of carbonyl (C=O) groups is 1. The van der Waals surface area contributed by atoms with E-state index in [9.17, 15) is 9.18 Å². The van der Waals surface area contributed by atoms with Gasteiger partial charge in [-0.25, -0.2) is 4.39 Å². The maximum Gasteiger partial charge on any atom is 0.253 e. The van der Waals surface area contributed by atoms with Gasteiger partial charge < -0.3 is 14.6 Å². The lowest BCUT2D eigenvalue weighted by atomic mass is 10.00. The Morgan fingerprint density at radius 2 is 2.04 bits per heavy atom. The summed E-state index contributed by atoms with van der Waals surface area (Å²) in [7, 11) is 0. The Morgan fingerprint density at radius 3 is 2.79 bits per heavy atom. The third-order valence-corrected chi connectivity index (χ3v) is 4.96. The van der Waals surface area contributed by atoms with Crippen LogP contribution in [-0.2, 0) is 0 Å². The first-order chi connectivity index (χ1) is 11.5. The minimum atomic E-state index is -0.314. The Bertz CT molecular complexity index is 808. The second-order valence-corrected chi connectivity index (χ2v) is 6.73. The Balaban J connectivity index is 1.60. The number of aromatic nitrogens is 1. The maximum absolute atomic E-state index is 13.6. The van der Waals surface area contributed by atoms with Crippen molar-refractivity contribution < 1.29 is 13.9 Å². The molecule has 5 heteroatoms. The van der Waals surface area contributed by atoms with Gasteiger partial charge in [-0.1, -0.05) is 0 Å². The van der Waals surface area contributed by atoms with E-state index in [1.165, 1.54) is 25.0 Å². The van der Waals surface area contributed by atoms with Crippen molar-refractivity contribution >= 4 is 5.91 Å². The van der Waals surface area contributed by atoms with E-state index in [1.54, 1.807) is 6.07 Å². The molecule has 1 aromatic heterocycles. The molecule has 2 aliphatic rings. The molecule has 1 atom stereocenters. The molecule has 0 radical (unpaired) electrons. The molecule has 4 nitrogen and oxygen atoms in total. The SMILES string of the molecule is Cc1cc(C(=O)N[C@@H]2CCOc3ccc(F)cc32)c(C)n1C1CC1. The number of carbonyl (C=O) groups excluding carboxylic acids is 1. The summed E-state index contributed by atoms with van der Waals surface area (Å²) in [6.45, 7) is 4.56. The van der Waals surface area contributed by atoms with Crippen molar-refractivity contribution in [2.24, 2.45) is 0 Å². The molecule has 1 aliphatic carbocycles. The number of nitrogens with zero attached hydrogens (tertiary/aromatic N) is 1. The zero-order valence-corrected chi connectivity index (χ0v) is 13.9. The molecule has 1 fully saturated rings. The molecule has 4 rings (SSSR count). The molecule has 1 N–H and O–H groups in total. The van der Waals surface area contributed by atoms with Gasteiger partial charge in [0, 0.05) is 29.4 Å². The van der Waals surface area contributed by atoms with Crippen molar-refractivity contribution in [3.63, 3.8) is 0 Å². The fourth-order valence-corrected chi connectivity index (χ4v) is 3.65. The first kappa shape index (κ1) is 15.2. The van der Waals surface area contributed by atoms with E-state index in [2.05, 4.69) is 9.88 Å². The molecule has 126 valence electrons. The minimum absolute atomic E-state index is 0.0999. The molecule has 0 saturated heterocycles. The van der Waals surface area contributed by atoms with E-state index >= 15 is 0 Å². The summed E-state index contributed by atoms with van der Waals surface area (Å²) in [5, 5.41) is 3.06. The molecule has 1 aliphatic heterocycles. The van der Waals surface area contributed by atoms with Gasteiger partial charge in [-0.05, 0) is 51.0 Å². The lowest BCUT2D eigenvalue weighted by Gasteiger charge is -2.26. The monoisotopic (exact) mass is 328 g/mol. The highest BCUT2D eigenvalue weighted by Gasteiger charge is 2.30. The normalized spacial score (nSPS) is 19.5. The first-order valence-electron chi connectivity index (χ1n) is 8.46. The van der Waals surface area contributed by atoms with Gasteiger partial charge in [0.2, 0.25) is 0 Å². The fourth-order valence-electron chi connectivity index (χ4n) is 3.65. The van der Waals surface area contributed by atoms with E-state index in [4.69, 9.17) is 4.74 Å². The third kappa shape index (κ3) is 2.58. The van der Waals surface area contributed by atoms with Crippen LogP contribution in [0.5, 0.6) is 5.75 Å². The summed E-state index contributed by atoms with van der Waals surface area (Å²) in [5.74, 6) is 0.235. The van der Waals surface area contributed by atoms with Crippen molar-refractivity contribution in [3.05, 3.63) is 52.6 Å². The van der Waals surface area contributed by atoms with E-state index in [-0.39, 0.29) is 17.8 Å². The number of rotatable bonds is 3. The van der Waals surface area contributed by atoms with Crippen LogP contribution in [0.25, 0.3) is 0 Å². The third-order valence-electron chi connectivity index (χ3n) is 4.96. The first-order valence-corrected chi connectivity index (χ1v) is 8.46. The fraction of sp³-hybridized carbons (Fsp3) is 0.421. The lowest BCUT2D eigenvalue weighted by molar-refractivity contribution is 0.0924. The molecule has 0 spiro atoms. The van der Waals surface area contributed by atoms with Gasteiger partial charge in [0.1, 0.15) is 11.6 Å². The van der Waals surface area contributed by atoms with Crippen LogP contribution in [0, 0.1) is 19.7 Å². The van der Waals surface area contributed by atoms with E-state index in [0.717, 1.165) is 11.4 Å². The zero-order chi connectivity index (χ0) is 16.8. The maximum atomic E-state index is 13.6. The molecule has 1 amide bonds. The van der Waals surface area contributed by atoms with Crippen LogP contribution in [0.4, 0.5) is 4.39 Å². The number of benzene rings is 1. The second-order valence-electron chi connectivity index (χ2n) is 6.73. The Hall–Kier alpha value is -2.30. The smallest absolute Gasteiger partial charge is 0.253 e. The lowest BCUT2D eigenvalue weighted by Crippen LogP contribution is -2.32. The summed E-state index contributed by atoms with van der Waals surface area (Å²) in [4.78, 5) is 12.8. The van der Waals surface area contributed by atoms with Crippen LogP contribution < -0.4 is 10.1 Å². The Morgan fingerprint density at radius 1 is 1.25 bits per heavy atom. The van der Waals surface area contributed by atoms with Crippen molar-refractivity contribution in [2.45, 2.75) is 45.2 Å².